The van der Waals surface area contributed by atoms with Crippen molar-refractivity contribution >= 4 is 17.7 Å². The third kappa shape index (κ3) is 3.75. The summed E-state index contributed by atoms with van der Waals surface area (Å²) in [5.41, 5.74) is 2.47. The average molecular weight is 386 g/mol. The van der Waals surface area contributed by atoms with Gasteiger partial charge in [0.1, 0.15) is 0 Å². The van der Waals surface area contributed by atoms with Crippen LogP contribution in [0.4, 0.5) is 10.5 Å². The number of piperidine rings is 1. The summed E-state index contributed by atoms with van der Waals surface area (Å²) in [5, 5.41) is 0. The minimum atomic E-state index is -0.183. The molecule has 4 rings (SSSR count). The van der Waals surface area contributed by atoms with Crippen LogP contribution in [0.25, 0.3) is 0 Å². The summed E-state index contributed by atoms with van der Waals surface area (Å²) in [6.45, 7) is 9.16. The topological polar surface area (TPSA) is 53.1 Å². The van der Waals surface area contributed by atoms with E-state index in [4.69, 9.17) is 4.74 Å². The van der Waals surface area contributed by atoms with Gasteiger partial charge in [0.15, 0.2) is 0 Å². The lowest BCUT2D eigenvalue weighted by molar-refractivity contribution is -0.117. The molecule has 2 amide bonds. The van der Waals surface area contributed by atoms with Crippen molar-refractivity contribution in [3.05, 3.63) is 29.8 Å². The summed E-state index contributed by atoms with van der Waals surface area (Å²) >= 11 is 0. The first-order valence-corrected chi connectivity index (χ1v) is 10.5. The number of hydrogen-bond donors (Lipinski definition) is 0. The van der Waals surface area contributed by atoms with Crippen molar-refractivity contribution in [2.24, 2.45) is 5.41 Å². The summed E-state index contributed by atoms with van der Waals surface area (Å²) in [6, 6.07) is 8.46. The van der Waals surface area contributed by atoms with E-state index in [2.05, 4.69) is 24.0 Å². The zero-order chi connectivity index (χ0) is 19.7. The second-order valence-electron chi connectivity index (χ2n) is 8.74. The highest BCUT2D eigenvalue weighted by Crippen LogP contribution is 2.36. The molecule has 3 aliphatic rings. The average Bonchev–Trinajstić information content (AvgIpc) is 3.24. The first-order chi connectivity index (χ1) is 13.5. The van der Waals surface area contributed by atoms with Gasteiger partial charge < -0.3 is 19.4 Å². The zero-order valence-electron chi connectivity index (χ0n) is 17.0. The molecule has 3 heterocycles. The normalized spacial score (nSPS) is 24.5. The van der Waals surface area contributed by atoms with Crippen LogP contribution in [0.5, 0.6) is 0 Å². The molecule has 0 N–H and O–H groups in total. The molecule has 0 spiro atoms. The van der Waals surface area contributed by atoms with Crippen LogP contribution in [0.1, 0.15) is 38.7 Å². The second kappa shape index (κ2) is 7.74. The van der Waals surface area contributed by atoms with E-state index in [-0.39, 0.29) is 23.5 Å². The largest absolute Gasteiger partial charge is 0.450 e. The third-order valence-electron chi connectivity index (χ3n) is 6.58. The predicted molar refractivity (Wildman–Crippen MR) is 108 cm³/mol. The number of carbonyl (C=O) groups is 2. The van der Waals surface area contributed by atoms with E-state index < -0.39 is 0 Å². The number of benzene rings is 1. The summed E-state index contributed by atoms with van der Waals surface area (Å²) in [5.74, 6) is 0.238. The van der Waals surface area contributed by atoms with Gasteiger partial charge in [-0.15, -0.1) is 0 Å². The van der Waals surface area contributed by atoms with E-state index >= 15 is 0 Å². The zero-order valence-corrected chi connectivity index (χ0v) is 17.0. The Morgan fingerprint density at radius 2 is 1.96 bits per heavy atom. The van der Waals surface area contributed by atoms with Gasteiger partial charge in [0.2, 0.25) is 5.91 Å². The molecule has 0 saturated carbocycles. The van der Waals surface area contributed by atoms with Crippen LogP contribution in [-0.4, -0.2) is 67.2 Å². The maximum atomic E-state index is 12.6. The van der Waals surface area contributed by atoms with Gasteiger partial charge in [-0.3, -0.25) is 4.79 Å². The Kier molecular flexibility index (Phi) is 5.32. The minimum absolute atomic E-state index is 0.183. The lowest BCUT2D eigenvalue weighted by Crippen LogP contribution is -2.47. The lowest BCUT2D eigenvalue weighted by Gasteiger charge is -2.41. The summed E-state index contributed by atoms with van der Waals surface area (Å²) in [7, 11) is 0. The molecule has 1 aromatic rings. The minimum Gasteiger partial charge on any atom is -0.450 e. The first-order valence-electron chi connectivity index (χ1n) is 10.5. The van der Waals surface area contributed by atoms with Gasteiger partial charge in [-0.2, -0.15) is 0 Å². The molecule has 2 fully saturated rings. The van der Waals surface area contributed by atoms with Crippen LogP contribution in [0, 0.1) is 5.41 Å². The van der Waals surface area contributed by atoms with Crippen molar-refractivity contribution in [3.8, 4) is 0 Å². The molecule has 0 radical (unpaired) electrons. The fourth-order valence-corrected chi connectivity index (χ4v) is 4.99. The SMILES string of the molecule is CCOC(=O)N1CCC(C)(CN2CC[C@H](N3C(=O)Cc4ccccc43)C2)CC1. The number of ether oxygens (including phenoxy) is 1. The van der Waals surface area contributed by atoms with Crippen molar-refractivity contribution in [2.45, 2.75) is 45.6 Å². The number of carbonyl (C=O) groups excluding carboxylic acids is 2. The molecule has 28 heavy (non-hydrogen) atoms. The molecule has 6 nitrogen and oxygen atoms in total. The highest BCUT2D eigenvalue weighted by atomic mass is 16.6. The predicted octanol–water partition coefficient (Wildman–Crippen LogP) is 2.91. The van der Waals surface area contributed by atoms with E-state index in [1.165, 1.54) is 0 Å². The number of anilines is 1. The molecule has 0 unspecified atom stereocenters. The van der Waals surface area contributed by atoms with Crippen LogP contribution >= 0.6 is 0 Å². The standard InChI is InChI=1S/C22H31N3O3/c1-3-28-21(27)24-12-9-22(2,10-13-24)16-23-11-8-18(15-23)25-19-7-5-4-6-17(19)14-20(25)26/h4-7,18H,3,8-16H2,1-2H3/t18-/m0/s1. The van der Waals surface area contributed by atoms with Gasteiger partial charge in [0.25, 0.3) is 0 Å². The summed E-state index contributed by atoms with van der Waals surface area (Å²) in [4.78, 5) is 30.9. The highest BCUT2D eigenvalue weighted by molar-refractivity contribution is 6.01. The molecule has 3 aliphatic heterocycles. The van der Waals surface area contributed by atoms with Gasteiger partial charge in [0.05, 0.1) is 19.1 Å². The number of fused-ring (bicyclic) bond motifs is 1. The highest BCUT2D eigenvalue weighted by Gasteiger charge is 2.39. The third-order valence-corrected chi connectivity index (χ3v) is 6.58. The molecule has 0 aliphatic carbocycles. The van der Waals surface area contributed by atoms with Crippen molar-refractivity contribution in [1.82, 2.24) is 9.80 Å². The molecule has 1 atom stereocenters. The quantitative estimate of drug-likeness (QED) is 0.800. The Labute approximate surface area is 167 Å². The molecule has 0 aromatic heterocycles. The molecule has 1 aromatic carbocycles. The van der Waals surface area contributed by atoms with Crippen molar-refractivity contribution < 1.29 is 14.3 Å². The van der Waals surface area contributed by atoms with Gasteiger partial charge in [-0.25, -0.2) is 4.79 Å². The fraction of sp³-hybridized carbons (Fsp3) is 0.636. The molecular weight excluding hydrogens is 354 g/mol. The van der Waals surface area contributed by atoms with Crippen LogP contribution in [0.3, 0.4) is 0 Å². The van der Waals surface area contributed by atoms with E-state index in [0.717, 1.165) is 63.2 Å². The van der Waals surface area contributed by atoms with E-state index in [1.807, 2.05) is 28.9 Å². The molecule has 152 valence electrons. The first kappa shape index (κ1) is 19.2. The summed E-state index contributed by atoms with van der Waals surface area (Å²) in [6.07, 6.45) is 3.38. The van der Waals surface area contributed by atoms with Crippen LogP contribution in [-0.2, 0) is 16.0 Å². The number of hydrogen-bond acceptors (Lipinski definition) is 4. The number of amides is 2. The number of likely N-dealkylation sites (tertiary alicyclic amines) is 2. The van der Waals surface area contributed by atoms with Gasteiger partial charge in [-0.05, 0) is 43.2 Å². The monoisotopic (exact) mass is 385 g/mol. The Bertz CT molecular complexity index is 742. The maximum Gasteiger partial charge on any atom is 0.409 e. The van der Waals surface area contributed by atoms with Gasteiger partial charge >= 0.3 is 6.09 Å². The lowest BCUT2D eigenvalue weighted by atomic mass is 9.80. The van der Waals surface area contributed by atoms with Crippen LogP contribution in [0.15, 0.2) is 24.3 Å². The van der Waals surface area contributed by atoms with E-state index in [1.54, 1.807) is 0 Å². The summed E-state index contributed by atoms with van der Waals surface area (Å²) < 4.78 is 5.13. The molecule has 6 heteroatoms. The van der Waals surface area contributed by atoms with Crippen LogP contribution < -0.4 is 4.90 Å². The Morgan fingerprint density at radius 3 is 2.71 bits per heavy atom. The molecular formula is C22H31N3O3. The molecule has 0 bridgehead atoms. The van der Waals surface area contributed by atoms with E-state index in [0.29, 0.717) is 13.0 Å². The Morgan fingerprint density at radius 1 is 1.21 bits per heavy atom. The number of rotatable bonds is 4. The van der Waals surface area contributed by atoms with E-state index in [9.17, 15) is 9.59 Å². The maximum absolute atomic E-state index is 12.6. The smallest absolute Gasteiger partial charge is 0.409 e. The second-order valence-corrected chi connectivity index (χ2v) is 8.74. The van der Waals surface area contributed by atoms with Gasteiger partial charge in [0, 0.05) is 38.4 Å². The number of nitrogens with zero attached hydrogens (tertiary/aromatic N) is 3. The van der Waals surface area contributed by atoms with Crippen molar-refractivity contribution in [2.75, 3.05) is 44.2 Å². The van der Waals surface area contributed by atoms with Crippen LogP contribution in [0.2, 0.25) is 0 Å². The molecule has 2 saturated heterocycles. The Hall–Kier alpha value is -2.08. The van der Waals surface area contributed by atoms with Crippen molar-refractivity contribution in [1.29, 1.82) is 0 Å². The Balaban J connectivity index is 1.33. The fourth-order valence-electron chi connectivity index (χ4n) is 4.99. The van der Waals surface area contributed by atoms with Gasteiger partial charge in [-0.1, -0.05) is 25.1 Å². The number of para-hydroxylation sites is 1. The van der Waals surface area contributed by atoms with Crippen molar-refractivity contribution in [3.63, 3.8) is 0 Å².